The Bertz CT molecular complexity index is 752. The van der Waals surface area contributed by atoms with Gasteiger partial charge >= 0.3 is 0 Å². The molecule has 1 N–H and O–H groups in total. The van der Waals surface area contributed by atoms with E-state index in [0.29, 0.717) is 22.8 Å². The van der Waals surface area contributed by atoms with Crippen LogP contribution >= 0.6 is 0 Å². The summed E-state index contributed by atoms with van der Waals surface area (Å²) in [5.41, 5.74) is 0.831. The maximum absolute atomic E-state index is 13.7. The Morgan fingerprint density at radius 3 is 2.68 bits per heavy atom. The quantitative estimate of drug-likeness (QED) is 0.899. The van der Waals surface area contributed by atoms with Gasteiger partial charge in [-0.05, 0) is 53.3 Å². The van der Waals surface area contributed by atoms with Crippen LogP contribution < -0.4 is 5.32 Å². The molecule has 0 saturated carbocycles. The molecule has 0 aliphatic rings. The second-order valence-corrected chi connectivity index (χ2v) is 7.31. The number of benzene rings is 1. The van der Waals surface area contributed by atoms with Crippen molar-refractivity contribution in [3.8, 4) is 11.4 Å². The van der Waals surface area contributed by atoms with Crippen molar-refractivity contribution in [3.05, 3.63) is 35.5 Å². The van der Waals surface area contributed by atoms with Crippen molar-refractivity contribution in [2.75, 3.05) is 13.6 Å². The van der Waals surface area contributed by atoms with E-state index in [-0.39, 0.29) is 29.8 Å². The molecule has 0 saturated heterocycles. The molecule has 1 unspecified atom stereocenters. The summed E-state index contributed by atoms with van der Waals surface area (Å²) in [7, 11) is 1.81. The lowest BCUT2D eigenvalue weighted by atomic mass is 10.1. The molecular formula is C18H25FN4O2. The minimum absolute atomic E-state index is 0.0813. The van der Waals surface area contributed by atoms with Crippen LogP contribution in [-0.2, 0) is 4.79 Å². The van der Waals surface area contributed by atoms with Gasteiger partial charge in [0.25, 0.3) is 0 Å². The number of hydrogen-bond acceptors (Lipinski definition) is 5. The number of carbonyl (C=O) groups is 1. The number of carbonyl (C=O) groups excluding carboxylic acids is 1. The number of nitrogens with zero attached hydrogens (tertiary/aromatic N) is 3. The first-order valence-electron chi connectivity index (χ1n) is 8.18. The summed E-state index contributed by atoms with van der Waals surface area (Å²) in [6.45, 7) is 9.56. The number of halogens is 1. The third kappa shape index (κ3) is 5.09. The Kier molecular flexibility index (Phi) is 5.57. The average Bonchev–Trinajstić information content (AvgIpc) is 2.97. The molecule has 7 heteroatoms. The number of nitrogens with one attached hydrogen (secondary N) is 1. The molecule has 0 bridgehead atoms. The molecule has 6 nitrogen and oxygen atoms in total. The van der Waals surface area contributed by atoms with Crippen molar-refractivity contribution in [3.63, 3.8) is 0 Å². The van der Waals surface area contributed by atoms with Crippen molar-refractivity contribution in [2.45, 2.75) is 46.2 Å². The van der Waals surface area contributed by atoms with Crippen molar-refractivity contribution in [2.24, 2.45) is 0 Å². The normalized spacial score (nSPS) is 13.1. The first-order chi connectivity index (χ1) is 11.6. The van der Waals surface area contributed by atoms with Crippen LogP contribution in [0.3, 0.4) is 0 Å². The Hall–Kier alpha value is -2.28. The zero-order chi connectivity index (χ0) is 18.8. The summed E-state index contributed by atoms with van der Waals surface area (Å²) in [6.07, 6.45) is 0. The van der Waals surface area contributed by atoms with Crippen LogP contribution in [0.2, 0.25) is 0 Å². The fraction of sp³-hybridized carbons (Fsp3) is 0.500. The van der Waals surface area contributed by atoms with E-state index in [0.717, 1.165) is 0 Å². The summed E-state index contributed by atoms with van der Waals surface area (Å²) in [5.74, 6) is 0.311. The monoisotopic (exact) mass is 348 g/mol. The molecular weight excluding hydrogens is 323 g/mol. The molecule has 136 valence electrons. The molecule has 1 heterocycles. The van der Waals surface area contributed by atoms with Gasteiger partial charge in [-0.2, -0.15) is 4.98 Å². The predicted molar refractivity (Wildman–Crippen MR) is 93.4 cm³/mol. The van der Waals surface area contributed by atoms with Gasteiger partial charge in [-0.1, -0.05) is 17.3 Å². The summed E-state index contributed by atoms with van der Waals surface area (Å²) >= 11 is 0. The molecule has 0 aliphatic heterocycles. The maximum atomic E-state index is 13.7. The Labute approximate surface area is 147 Å². The summed E-state index contributed by atoms with van der Waals surface area (Å²) < 4.78 is 19.0. The maximum Gasteiger partial charge on any atom is 0.244 e. The van der Waals surface area contributed by atoms with Crippen LogP contribution in [0.4, 0.5) is 4.39 Å². The van der Waals surface area contributed by atoms with Gasteiger partial charge < -0.3 is 9.84 Å². The van der Waals surface area contributed by atoms with E-state index >= 15 is 0 Å². The van der Waals surface area contributed by atoms with Gasteiger partial charge in [0.1, 0.15) is 5.82 Å². The lowest BCUT2D eigenvalue weighted by Crippen LogP contribution is -2.45. The van der Waals surface area contributed by atoms with Crippen molar-refractivity contribution >= 4 is 5.91 Å². The molecule has 25 heavy (non-hydrogen) atoms. The van der Waals surface area contributed by atoms with Crippen LogP contribution in [0.25, 0.3) is 11.4 Å². The molecule has 1 aromatic heterocycles. The third-order valence-electron chi connectivity index (χ3n) is 3.80. The highest BCUT2D eigenvalue weighted by molar-refractivity contribution is 5.78. The highest BCUT2D eigenvalue weighted by atomic mass is 19.1. The van der Waals surface area contributed by atoms with Gasteiger partial charge in [-0.3, -0.25) is 9.69 Å². The van der Waals surface area contributed by atoms with Gasteiger partial charge in [-0.25, -0.2) is 4.39 Å². The number of hydrogen-bond donors (Lipinski definition) is 1. The lowest BCUT2D eigenvalue weighted by Gasteiger charge is -2.25. The van der Waals surface area contributed by atoms with E-state index in [1.807, 2.05) is 39.6 Å². The average molecular weight is 348 g/mol. The first kappa shape index (κ1) is 19.1. The third-order valence-corrected chi connectivity index (χ3v) is 3.80. The van der Waals surface area contributed by atoms with E-state index in [4.69, 9.17) is 4.52 Å². The fourth-order valence-electron chi connectivity index (χ4n) is 2.26. The van der Waals surface area contributed by atoms with E-state index in [2.05, 4.69) is 15.5 Å². The molecule has 0 fully saturated rings. The van der Waals surface area contributed by atoms with Gasteiger partial charge in [0, 0.05) is 11.1 Å². The number of likely N-dealkylation sites (N-methyl/N-ethyl adjacent to an activating group) is 1. The SMILES string of the molecule is Cc1ccc(-c2noc(C(C)N(C)CC(=O)NC(C)(C)C)n2)cc1F. The lowest BCUT2D eigenvalue weighted by molar-refractivity contribution is -0.123. The second-order valence-electron chi connectivity index (χ2n) is 7.31. The largest absolute Gasteiger partial charge is 0.350 e. The van der Waals surface area contributed by atoms with Crippen LogP contribution in [0.5, 0.6) is 0 Å². The van der Waals surface area contributed by atoms with Gasteiger partial charge in [0.05, 0.1) is 12.6 Å². The second kappa shape index (κ2) is 7.31. The van der Waals surface area contributed by atoms with Gasteiger partial charge in [0.2, 0.25) is 17.6 Å². The zero-order valence-corrected chi connectivity index (χ0v) is 15.6. The van der Waals surface area contributed by atoms with Crippen LogP contribution in [0.1, 0.15) is 45.2 Å². The standard InChI is InChI=1S/C18H25FN4O2/c1-11-7-8-13(9-14(11)19)16-20-17(25-22-16)12(2)23(6)10-15(24)21-18(3,4)5/h7-9,12H,10H2,1-6H3,(H,21,24). The topological polar surface area (TPSA) is 71.3 Å². The molecule has 2 aromatic rings. The Balaban J connectivity index is 2.07. The molecule has 2 rings (SSSR count). The van der Waals surface area contributed by atoms with E-state index in [1.54, 1.807) is 19.1 Å². The van der Waals surface area contributed by atoms with Gasteiger partial charge in [-0.15, -0.1) is 0 Å². The molecule has 1 amide bonds. The fourth-order valence-corrected chi connectivity index (χ4v) is 2.26. The van der Waals surface area contributed by atoms with Crippen molar-refractivity contribution in [1.82, 2.24) is 20.4 Å². The van der Waals surface area contributed by atoms with E-state index in [9.17, 15) is 9.18 Å². The molecule has 0 aliphatic carbocycles. The smallest absolute Gasteiger partial charge is 0.244 e. The Morgan fingerprint density at radius 2 is 2.08 bits per heavy atom. The van der Waals surface area contributed by atoms with E-state index in [1.165, 1.54) is 6.07 Å². The summed E-state index contributed by atoms with van der Waals surface area (Å²) in [6, 6.07) is 4.56. The molecule has 1 aromatic carbocycles. The predicted octanol–water partition coefficient (Wildman–Crippen LogP) is 3.09. The van der Waals surface area contributed by atoms with Crippen molar-refractivity contribution < 1.29 is 13.7 Å². The summed E-state index contributed by atoms with van der Waals surface area (Å²) in [4.78, 5) is 18.2. The van der Waals surface area contributed by atoms with Crippen LogP contribution in [0, 0.1) is 12.7 Å². The minimum Gasteiger partial charge on any atom is -0.350 e. The first-order valence-corrected chi connectivity index (χ1v) is 8.18. The van der Waals surface area contributed by atoms with E-state index < -0.39 is 0 Å². The van der Waals surface area contributed by atoms with Gasteiger partial charge in [0.15, 0.2) is 0 Å². The number of aromatic nitrogens is 2. The Morgan fingerprint density at radius 1 is 1.40 bits per heavy atom. The highest BCUT2D eigenvalue weighted by Crippen LogP contribution is 2.23. The molecule has 0 radical (unpaired) electrons. The van der Waals surface area contributed by atoms with Crippen LogP contribution in [-0.4, -0.2) is 40.1 Å². The number of rotatable bonds is 5. The van der Waals surface area contributed by atoms with Crippen LogP contribution in [0.15, 0.2) is 22.7 Å². The number of aryl methyl sites for hydroxylation is 1. The zero-order valence-electron chi connectivity index (χ0n) is 15.6. The highest BCUT2D eigenvalue weighted by Gasteiger charge is 2.23. The molecule has 0 spiro atoms. The minimum atomic E-state index is -0.312. The molecule has 1 atom stereocenters. The van der Waals surface area contributed by atoms with Crippen molar-refractivity contribution in [1.29, 1.82) is 0 Å². The summed E-state index contributed by atoms with van der Waals surface area (Å²) in [5, 5.41) is 6.83. The number of amides is 1.